The minimum atomic E-state index is -1.09. The molecule has 0 fully saturated rings. The topological polar surface area (TPSA) is 79.3 Å². The second-order valence-corrected chi connectivity index (χ2v) is 5.09. The van der Waals surface area contributed by atoms with Gasteiger partial charge in [0.2, 0.25) is 0 Å². The summed E-state index contributed by atoms with van der Waals surface area (Å²) in [7, 11) is 0. The largest absolute Gasteiger partial charge is 0.478 e. The van der Waals surface area contributed by atoms with Crippen molar-refractivity contribution in [2.45, 2.75) is 0 Å². The summed E-state index contributed by atoms with van der Waals surface area (Å²) >= 11 is 4.55. The molecule has 0 aliphatic rings. The van der Waals surface area contributed by atoms with Crippen LogP contribution in [0.1, 0.15) is 20.0 Å². The number of pyridine rings is 1. The number of amides is 1. The SMILES string of the molecule is O=C(O)c1cncc(NC(=O)c2sccc2Br)c1. The molecular formula is C11H7BrN2O3S. The molecule has 2 aromatic heterocycles. The highest BCUT2D eigenvalue weighted by molar-refractivity contribution is 9.10. The van der Waals surface area contributed by atoms with Crippen molar-refractivity contribution < 1.29 is 14.7 Å². The Labute approximate surface area is 115 Å². The number of hydrogen-bond donors (Lipinski definition) is 2. The van der Waals surface area contributed by atoms with Gasteiger partial charge >= 0.3 is 5.97 Å². The second-order valence-electron chi connectivity index (χ2n) is 3.32. The van der Waals surface area contributed by atoms with Gasteiger partial charge in [-0.3, -0.25) is 9.78 Å². The van der Waals surface area contributed by atoms with Gasteiger partial charge in [0, 0.05) is 10.7 Å². The van der Waals surface area contributed by atoms with E-state index in [4.69, 9.17) is 5.11 Å². The van der Waals surface area contributed by atoms with Crippen molar-refractivity contribution in [3.8, 4) is 0 Å². The number of carbonyl (C=O) groups excluding carboxylic acids is 1. The lowest BCUT2D eigenvalue weighted by molar-refractivity contribution is 0.0696. The van der Waals surface area contributed by atoms with Gasteiger partial charge in [0.05, 0.1) is 17.4 Å². The molecule has 18 heavy (non-hydrogen) atoms. The lowest BCUT2D eigenvalue weighted by Crippen LogP contribution is -2.11. The number of carboxylic acids is 1. The van der Waals surface area contributed by atoms with E-state index < -0.39 is 5.97 Å². The summed E-state index contributed by atoms with van der Waals surface area (Å²) in [5.41, 5.74) is 0.373. The van der Waals surface area contributed by atoms with Gasteiger partial charge in [0.15, 0.2) is 0 Å². The molecule has 0 aliphatic carbocycles. The number of hydrogen-bond acceptors (Lipinski definition) is 4. The molecule has 0 saturated heterocycles. The van der Waals surface area contributed by atoms with E-state index in [9.17, 15) is 9.59 Å². The third-order valence-electron chi connectivity index (χ3n) is 2.07. The minimum absolute atomic E-state index is 0.0260. The number of aromatic nitrogens is 1. The second kappa shape index (κ2) is 5.28. The van der Waals surface area contributed by atoms with Gasteiger partial charge in [0.1, 0.15) is 4.88 Å². The van der Waals surface area contributed by atoms with Crippen molar-refractivity contribution in [2.24, 2.45) is 0 Å². The zero-order valence-electron chi connectivity index (χ0n) is 8.88. The van der Waals surface area contributed by atoms with E-state index in [1.54, 1.807) is 11.4 Å². The van der Waals surface area contributed by atoms with Crippen molar-refractivity contribution >= 4 is 44.8 Å². The molecule has 0 spiro atoms. The first-order valence-corrected chi connectivity index (χ1v) is 6.48. The van der Waals surface area contributed by atoms with E-state index in [0.717, 1.165) is 0 Å². The maximum absolute atomic E-state index is 11.9. The maximum atomic E-state index is 11.9. The van der Waals surface area contributed by atoms with E-state index in [0.29, 0.717) is 15.0 Å². The van der Waals surface area contributed by atoms with Gasteiger partial charge in [0.25, 0.3) is 5.91 Å². The molecule has 1 amide bonds. The predicted molar refractivity (Wildman–Crippen MR) is 71.2 cm³/mol. The summed E-state index contributed by atoms with van der Waals surface area (Å²) in [4.78, 5) is 26.9. The zero-order valence-corrected chi connectivity index (χ0v) is 11.3. The van der Waals surface area contributed by atoms with E-state index in [-0.39, 0.29) is 11.5 Å². The molecular weight excluding hydrogens is 320 g/mol. The molecule has 0 radical (unpaired) electrons. The summed E-state index contributed by atoms with van der Waals surface area (Å²) in [5, 5.41) is 13.2. The summed E-state index contributed by atoms with van der Waals surface area (Å²) in [6.45, 7) is 0. The zero-order chi connectivity index (χ0) is 13.1. The van der Waals surface area contributed by atoms with Crippen molar-refractivity contribution in [1.82, 2.24) is 4.98 Å². The minimum Gasteiger partial charge on any atom is -0.478 e. The Balaban J connectivity index is 2.20. The van der Waals surface area contributed by atoms with E-state index >= 15 is 0 Å². The van der Waals surface area contributed by atoms with Crippen LogP contribution < -0.4 is 5.32 Å². The molecule has 7 heteroatoms. The highest BCUT2D eigenvalue weighted by atomic mass is 79.9. The Kier molecular flexibility index (Phi) is 3.73. The van der Waals surface area contributed by atoms with Crippen LogP contribution >= 0.6 is 27.3 Å². The molecule has 2 heterocycles. The number of rotatable bonds is 3. The van der Waals surface area contributed by atoms with Crippen molar-refractivity contribution in [3.05, 3.63) is 44.8 Å². The predicted octanol–water partition coefficient (Wildman–Crippen LogP) is 2.86. The maximum Gasteiger partial charge on any atom is 0.337 e. The van der Waals surface area contributed by atoms with Crippen LogP contribution in [0.15, 0.2) is 34.4 Å². The summed E-state index contributed by atoms with van der Waals surface area (Å²) < 4.78 is 0.701. The number of carboxylic acid groups (broad SMARTS) is 1. The quantitative estimate of drug-likeness (QED) is 0.908. The first kappa shape index (κ1) is 12.7. The van der Waals surface area contributed by atoms with Gasteiger partial charge in [-0.15, -0.1) is 11.3 Å². The van der Waals surface area contributed by atoms with E-state index in [1.165, 1.54) is 29.8 Å². The molecule has 2 aromatic rings. The fourth-order valence-electron chi connectivity index (χ4n) is 1.27. The molecule has 5 nitrogen and oxygen atoms in total. The average molecular weight is 327 g/mol. The number of nitrogens with zero attached hydrogens (tertiary/aromatic N) is 1. The fourth-order valence-corrected chi connectivity index (χ4v) is 2.72. The van der Waals surface area contributed by atoms with Crippen LogP contribution in [0.5, 0.6) is 0 Å². The summed E-state index contributed by atoms with van der Waals surface area (Å²) in [6, 6.07) is 3.13. The van der Waals surface area contributed by atoms with Crippen LogP contribution in [-0.4, -0.2) is 22.0 Å². The first-order chi connectivity index (χ1) is 8.58. The standard InChI is InChI=1S/C11H7BrN2O3S/c12-8-1-2-18-9(8)10(15)14-7-3-6(11(16)17)4-13-5-7/h1-5H,(H,14,15)(H,16,17). The number of anilines is 1. The molecule has 0 aromatic carbocycles. The van der Waals surface area contributed by atoms with Crippen molar-refractivity contribution in [2.75, 3.05) is 5.32 Å². The van der Waals surface area contributed by atoms with Gasteiger partial charge in [-0.2, -0.15) is 0 Å². The van der Waals surface area contributed by atoms with Crippen molar-refractivity contribution in [1.29, 1.82) is 0 Å². The molecule has 0 aliphatic heterocycles. The lowest BCUT2D eigenvalue weighted by atomic mass is 10.2. The van der Waals surface area contributed by atoms with E-state index in [1.807, 2.05) is 0 Å². The van der Waals surface area contributed by atoms with Crippen LogP contribution in [0.4, 0.5) is 5.69 Å². The lowest BCUT2D eigenvalue weighted by Gasteiger charge is -2.04. The molecule has 0 unspecified atom stereocenters. The van der Waals surface area contributed by atoms with Gasteiger partial charge in [-0.1, -0.05) is 0 Å². The monoisotopic (exact) mass is 326 g/mol. The summed E-state index contributed by atoms with van der Waals surface area (Å²) in [6.07, 6.45) is 2.62. The average Bonchev–Trinajstić information content (AvgIpc) is 2.76. The highest BCUT2D eigenvalue weighted by Gasteiger charge is 2.12. The third-order valence-corrected chi connectivity index (χ3v) is 3.90. The number of thiophene rings is 1. The fraction of sp³-hybridized carbons (Fsp3) is 0. The Morgan fingerprint density at radius 3 is 2.78 bits per heavy atom. The van der Waals surface area contributed by atoms with Crippen molar-refractivity contribution in [3.63, 3.8) is 0 Å². The molecule has 2 rings (SSSR count). The Morgan fingerprint density at radius 1 is 1.39 bits per heavy atom. The van der Waals surface area contributed by atoms with Crippen LogP contribution in [0.2, 0.25) is 0 Å². The third kappa shape index (κ3) is 2.74. The normalized spacial score (nSPS) is 10.1. The highest BCUT2D eigenvalue weighted by Crippen LogP contribution is 2.23. The van der Waals surface area contributed by atoms with Gasteiger partial charge in [-0.25, -0.2) is 4.79 Å². The molecule has 0 saturated carbocycles. The number of nitrogens with one attached hydrogen (secondary N) is 1. The molecule has 92 valence electrons. The smallest absolute Gasteiger partial charge is 0.337 e. The van der Waals surface area contributed by atoms with E-state index in [2.05, 4.69) is 26.2 Å². The molecule has 0 atom stereocenters. The number of aromatic carboxylic acids is 1. The van der Waals surface area contributed by atoms with Crippen LogP contribution in [-0.2, 0) is 0 Å². The Bertz CT molecular complexity index is 612. The molecule has 0 bridgehead atoms. The van der Waals surface area contributed by atoms with Gasteiger partial charge in [-0.05, 0) is 33.4 Å². The Morgan fingerprint density at radius 2 is 2.17 bits per heavy atom. The number of carbonyl (C=O) groups is 2. The summed E-state index contributed by atoms with van der Waals surface area (Å²) in [5.74, 6) is -1.39. The van der Waals surface area contributed by atoms with Crippen LogP contribution in [0, 0.1) is 0 Å². The molecule has 2 N–H and O–H groups in total. The van der Waals surface area contributed by atoms with Gasteiger partial charge < -0.3 is 10.4 Å². The van der Waals surface area contributed by atoms with Crippen LogP contribution in [0.3, 0.4) is 0 Å². The Hall–Kier alpha value is -1.73. The van der Waals surface area contributed by atoms with Crippen LogP contribution in [0.25, 0.3) is 0 Å². The number of halogens is 1. The first-order valence-electron chi connectivity index (χ1n) is 4.80.